The van der Waals surface area contributed by atoms with Crippen molar-refractivity contribution in [2.45, 2.75) is 144 Å². The summed E-state index contributed by atoms with van der Waals surface area (Å²) in [6, 6.07) is 30.0. The number of rotatable bonds is 11. The summed E-state index contributed by atoms with van der Waals surface area (Å²) >= 11 is 0. The van der Waals surface area contributed by atoms with Gasteiger partial charge in [0.1, 0.15) is 18.3 Å². The molecule has 316 valence electrons. The second-order valence-electron chi connectivity index (χ2n) is 19.8. The fraction of sp³-hybridized carbons (Fsp3) is 0.444. The van der Waals surface area contributed by atoms with Gasteiger partial charge in [-0.3, -0.25) is 4.99 Å². The first-order valence-corrected chi connectivity index (χ1v) is 22.1. The molecule has 0 N–H and O–H groups in total. The standard InChI is InChI=1S/C54H63N3O2.Pt/c1-14-18-37(19-15-2)54(13)31-58-51(56-54)36-25-35(48-40(32(3)4)20-16-21-41(48)33(5)6)26-39(27-36)59-47-30-46-42(24-34(47)7)43-28-38(52(8,9)10)29-45-49(43)57(46)50-44(53(45,11)12)22-17-23-55-50;/h16-17,20-26,28-29,32-33,37H,14-15,18-19,31H2,1-13H3;/q-2;+2/t54-;/m0./s1. The van der Waals surface area contributed by atoms with Gasteiger partial charge in [-0.05, 0) is 82.2 Å². The average Bonchev–Trinajstić information content (AvgIpc) is 3.74. The zero-order valence-electron chi connectivity index (χ0n) is 38.1. The summed E-state index contributed by atoms with van der Waals surface area (Å²) in [5.74, 6) is 4.00. The van der Waals surface area contributed by atoms with Gasteiger partial charge in [-0.15, -0.1) is 23.1 Å². The molecule has 8 rings (SSSR count). The van der Waals surface area contributed by atoms with Gasteiger partial charge in [0.15, 0.2) is 0 Å². The van der Waals surface area contributed by atoms with E-state index in [-0.39, 0.29) is 37.4 Å². The van der Waals surface area contributed by atoms with E-state index < -0.39 is 0 Å². The second-order valence-corrected chi connectivity index (χ2v) is 19.8. The second kappa shape index (κ2) is 16.2. The van der Waals surface area contributed by atoms with Crippen LogP contribution in [0.3, 0.4) is 0 Å². The molecule has 6 heteroatoms. The molecule has 0 unspecified atom stereocenters. The van der Waals surface area contributed by atoms with E-state index in [1.54, 1.807) is 0 Å². The topological polar surface area (TPSA) is 48.6 Å². The van der Waals surface area contributed by atoms with Gasteiger partial charge in [-0.25, -0.2) is 4.98 Å². The van der Waals surface area contributed by atoms with Crippen molar-refractivity contribution in [3.05, 3.63) is 118 Å². The summed E-state index contributed by atoms with van der Waals surface area (Å²) < 4.78 is 15.9. The van der Waals surface area contributed by atoms with Crippen LogP contribution in [0.2, 0.25) is 0 Å². The monoisotopic (exact) mass is 980 g/mol. The number of hydrogen-bond donors (Lipinski definition) is 0. The van der Waals surface area contributed by atoms with Crippen molar-refractivity contribution in [2.24, 2.45) is 10.9 Å². The number of aryl methyl sites for hydroxylation is 1. The molecule has 2 aliphatic rings. The van der Waals surface area contributed by atoms with Crippen LogP contribution in [0, 0.1) is 25.0 Å². The molecule has 4 heterocycles. The molecule has 0 spiro atoms. The Bertz CT molecular complexity index is 2590. The van der Waals surface area contributed by atoms with Crippen LogP contribution in [0.5, 0.6) is 11.5 Å². The summed E-state index contributed by atoms with van der Waals surface area (Å²) in [4.78, 5) is 10.4. The van der Waals surface area contributed by atoms with E-state index in [4.69, 9.17) is 19.5 Å². The third kappa shape index (κ3) is 7.46. The number of fused-ring (bicyclic) bond motifs is 5. The van der Waals surface area contributed by atoms with E-state index in [2.05, 4.69) is 167 Å². The maximum Gasteiger partial charge on any atom is 2.00 e. The van der Waals surface area contributed by atoms with Gasteiger partial charge in [-0.1, -0.05) is 161 Å². The van der Waals surface area contributed by atoms with Crippen molar-refractivity contribution in [3.63, 3.8) is 0 Å². The number of aliphatic imine (C=N–C) groups is 1. The van der Waals surface area contributed by atoms with Crippen LogP contribution >= 0.6 is 0 Å². The maximum atomic E-state index is 7.05. The first-order valence-electron chi connectivity index (χ1n) is 22.1. The molecule has 0 fully saturated rings. The normalized spacial score (nSPS) is 17.0. The fourth-order valence-electron chi connectivity index (χ4n) is 9.81. The molecule has 2 aromatic heterocycles. The largest absolute Gasteiger partial charge is 2.00 e. The number of hydrogen-bond acceptors (Lipinski definition) is 4. The van der Waals surface area contributed by atoms with E-state index in [9.17, 15) is 0 Å². The predicted octanol–water partition coefficient (Wildman–Crippen LogP) is 14.5. The molecule has 6 aromatic rings. The number of ether oxygens (including phenoxy) is 2. The summed E-state index contributed by atoms with van der Waals surface area (Å²) in [5, 5.41) is 2.38. The third-order valence-electron chi connectivity index (χ3n) is 13.2. The molecular weight excluding hydrogens is 918 g/mol. The van der Waals surface area contributed by atoms with Crippen molar-refractivity contribution in [1.29, 1.82) is 0 Å². The van der Waals surface area contributed by atoms with E-state index >= 15 is 0 Å². The molecule has 2 aliphatic heterocycles. The molecule has 0 radical (unpaired) electrons. The van der Waals surface area contributed by atoms with Gasteiger partial charge in [0, 0.05) is 34.2 Å². The zero-order valence-corrected chi connectivity index (χ0v) is 40.4. The van der Waals surface area contributed by atoms with Crippen LogP contribution in [0.25, 0.3) is 38.8 Å². The zero-order chi connectivity index (χ0) is 42.2. The van der Waals surface area contributed by atoms with Crippen LogP contribution in [0.4, 0.5) is 0 Å². The van der Waals surface area contributed by atoms with Crippen molar-refractivity contribution >= 4 is 27.7 Å². The minimum Gasteiger partial charge on any atom is -0.518 e. The summed E-state index contributed by atoms with van der Waals surface area (Å²) in [6.07, 6.45) is 6.43. The van der Waals surface area contributed by atoms with Crippen molar-refractivity contribution in [2.75, 3.05) is 6.61 Å². The van der Waals surface area contributed by atoms with Crippen LogP contribution in [-0.2, 0) is 36.6 Å². The molecule has 0 saturated heterocycles. The summed E-state index contributed by atoms with van der Waals surface area (Å²) in [6.45, 7) is 30.2. The number of aromatic nitrogens is 2. The first-order chi connectivity index (χ1) is 28.0. The van der Waals surface area contributed by atoms with E-state index in [1.807, 2.05) is 6.20 Å². The molecule has 0 aliphatic carbocycles. The molecule has 60 heavy (non-hydrogen) atoms. The van der Waals surface area contributed by atoms with E-state index in [0.717, 1.165) is 59.1 Å². The van der Waals surface area contributed by atoms with Crippen molar-refractivity contribution in [1.82, 2.24) is 9.55 Å². The van der Waals surface area contributed by atoms with Crippen LogP contribution in [0.1, 0.15) is 160 Å². The van der Waals surface area contributed by atoms with Gasteiger partial charge in [0.05, 0.1) is 5.54 Å². The van der Waals surface area contributed by atoms with Gasteiger partial charge < -0.3 is 14.0 Å². The summed E-state index contributed by atoms with van der Waals surface area (Å²) in [5.41, 5.74) is 12.2. The SMILES string of the molecule is CCCC(CCC)[C@]1(C)COC(c2[c-]c(Oc3[c-]c4c(cc3C)c3cc(C(C)(C)C)cc5c3n4-c3ncccc3C5(C)C)cc(-c3c(C(C)C)cccc3C(C)C)c2)=N1.[Pt+2]. The van der Waals surface area contributed by atoms with Crippen molar-refractivity contribution in [3.8, 4) is 28.4 Å². The van der Waals surface area contributed by atoms with Gasteiger partial charge in [-0.2, -0.15) is 6.07 Å². The molecule has 5 nitrogen and oxygen atoms in total. The minimum atomic E-state index is -0.288. The quantitative estimate of drug-likeness (QED) is 0.122. The molecule has 0 amide bonds. The number of pyridine rings is 1. The molecular formula is C54H63N3O2Pt. The first kappa shape index (κ1) is 43.9. The third-order valence-corrected chi connectivity index (χ3v) is 13.2. The Labute approximate surface area is 373 Å². The predicted molar refractivity (Wildman–Crippen MR) is 246 cm³/mol. The summed E-state index contributed by atoms with van der Waals surface area (Å²) in [7, 11) is 0. The molecule has 1 atom stereocenters. The van der Waals surface area contributed by atoms with Crippen LogP contribution in [-0.4, -0.2) is 27.6 Å². The van der Waals surface area contributed by atoms with Gasteiger partial charge in [0.2, 0.25) is 0 Å². The Balaban J connectivity index is 0.00000544. The Morgan fingerprint density at radius 3 is 2.17 bits per heavy atom. The average molecular weight is 981 g/mol. The number of nitrogens with zero attached hydrogens (tertiary/aromatic N) is 3. The molecule has 4 aromatic carbocycles. The minimum absolute atomic E-state index is 0. The molecule has 0 bridgehead atoms. The fourth-order valence-corrected chi connectivity index (χ4v) is 9.81. The Kier molecular flexibility index (Phi) is 11.9. The Morgan fingerprint density at radius 1 is 0.850 bits per heavy atom. The van der Waals surface area contributed by atoms with Crippen molar-refractivity contribution < 1.29 is 30.5 Å². The van der Waals surface area contributed by atoms with Crippen LogP contribution < -0.4 is 4.74 Å². The Morgan fingerprint density at radius 2 is 1.53 bits per heavy atom. The van der Waals surface area contributed by atoms with E-state index in [0.29, 0.717) is 41.8 Å². The van der Waals surface area contributed by atoms with Gasteiger partial charge >= 0.3 is 21.1 Å². The smallest absolute Gasteiger partial charge is 0.518 e. The van der Waals surface area contributed by atoms with E-state index in [1.165, 1.54) is 44.3 Å². The number of benzene rings is 4. The van der Waals surface area contributed by atoms with Gasteiger partial charge in [0.25, 0.3) is 0 Å². The Hall–Kier alpha value is -4.21. The van der Waals surface area contributed by atoms with Crippen LogP contribution in [0.15, 0.2) is 71.9 Å². The molecule has 0 saturated carbocycles. The maximum absolute atomic E-state index is 7.05.